The third kappa shape index (κ3) is 5.51. The van der Waals surface area contributed by atoms with Gasteiger partial charge in [0, 0.05) is 11.8 Å². The zero-order valence-corrected chi connectivity index (χ0v) is 15.1. The van der Waals surface area contributed by atoms with Gasteiger partial charge in [-0.1, -0.05) is 48.5 Å². The quantitative estimate of drug-likeness (QED) is 0.626. The number of hydrogen-bond donors (Lipinski definition) is 2. The van der Waals surface area contributed by atoms with E-state index in [4.69, 9.17) is 9.47 Å². The van der Waals surface area contributed by atoms with E-state index in [0.29, 0.717) is 23.8 Å². The van der Waals surface area contributed by atoms with Gasteiger partial charge in [-0.2, -0.15) is 0 Å². The lowest BCUT2D eigenvalue weighted by molar-refractivity contribution is -0.114. The highest BCUT2D eigenvalue weighted by molar-refractivity contribution is 5.94. The molecule has 0 fully saturated rings. The Morgan fingerprint density at radius 1 is 0.926 bits per heavy atom. The lowest BCUT2D eigenvalue weighted by Gasteiger charge is -2.12. The van der Waals surface area contributed by atoms with Gasteiger partial charge in [0.1, 0.15) is 18.1 Å². The molecule has 138 valence electrons. The molecule has 0 bridgehead atoms. The van der Waals surface area contributed by atoms with Crippen LogP contribution in [0.15, 0.2) is 78.9 Å². The molecular formula is C22H22N2O3. The molecule has 0 aromatic heterocycles. The van der Waals surface area contributed by atoms with E-state index in [9.17, 15) is 4.79 Å². The van der Waals surface area contributed by atoms with Gasteiger partial charge < -0.3 is 20.1 Å². The van der Waals surface area contributed by atoms with Crippen LogP contribution >= 0.6 is 0 Å². The van der Waals surface area contributed by atoms with E-state index in [1.165, 1.54) is 0 Å². The Bertz CT molecular complexity index is 881. The molecule has 0 aliphatic heterocycles. The minimum absolute atomic E-state index is 0.134. The third-order valence-electron chi connectivity index (χ3n) is 3.91. The zero-order valence-electron chi connectivity index (χ0n) is 15.1. The molecule has 0 aliphatic rings. The summed E-state index contributed by atoms with van der Waals surface area (Å²) in [5, 5.41) is 5.94. The van der Waals surface area contributed by atoms with Crippen LogP contribution in [0.2, 0.25) is 0 Å². The number of anilines is 2. The molecule has 3 aromatic carbocycles. The molecule has 3 aromatic rings. The molecule has 2 N–H and O–H groups in total. The van der Waals surface area contributed by atoms with Crippen LogP contribution in [0.25, 0.3) is 0 Å². The number of ether oxygens (including phenoxy) is 2. The number of amides is 1. The van der Waals surface area contributed by atoms with Crippen molar-refractivity contribution in [2.75, 3.05) is 24.3 Å². The van der Waals surface area contributed by atoms with E-state index < -0.39 is 0 Å². The average Bonchev–Trinajstić information content (AvgIpc) is 2.72. The Morgan fingerprint density at radius 3 is 2.52 bits per heavy atom. The number of nitrogens with one attached hydrogen (secondary N) is 2. The van der Waals surface area contributed by atoms with Crippen LogP contribution in [0.4, 0.5) is 11.4 Å². The molecule has 0 unspecified atom stereocenters. The minimum Gasteiger partial charge on any atom is -0.495 e. The van der Waals surface area contributed by atoms with Crippen molar-refractivity contribution in [1.29, 1.82) is 0 Å². The Kier molecular flexibility index (Phi) is 6.30. The summed E-state index contributed by atoms with van der Waals surface area (Å²) in [5.74, 6) is 1.25. The summed E-state index contributed by atoms with van der Waals surface area (Å²) >= 11 is 0. The highest BCUT2D eigenvalue weighted by atomic mass is 16.5. The van der Waals surface area contributed by atoms with Crippen molar-refractivity contribution in [3.05, 3.63) is 84.4 Å². The van der Waals surface area contributed by atoms with Crippen LogP contribution in [-0.4, -0.2) is 19.6 Å². The van der Waals surface area contributed by atoms with E-state index in [1.807, 2.05) is 78.9 Å². The molecule has 0 atom stereocenters. The Balaban J connectivity index is 1.53. The molecule has 0 heterocycles. The molecule has 0 aliphatic carbocycles. The van der Waals surface area contributed by atoms with Gasteiger partial charge in [-0.3, -0.25) is 4.79 Å². The first-order valence-electron chi connectivity index (χ1n) is 8.68. The fourth-order valence-electron chi connectivity index (χ4n) is 2.58. The predicted octanol–water partition coefficient (Wildman–Crippen LogP) is 4.32. The topological polar surface area (TPSA) is 59.6 Å². The standard InChI is InChI=1S/C22H22N2O3/c1-26-21-13-6-5-12-20(21)23-15-22(25)24-18-10-7-11-19(14-18)27-16-17-8-3-2-4-9-17/h2-14,23H,15-16H2,1H3,(H,24,25). The highest BCUT2D eigenvalue weighted by Crippen LogP contribution is 2.23. The molecule has 5 heteroatoms. The molecule has 0 spiro atoms. The van der Waals surface area contributed by atoms with E-state index in [2.05, 4.69) is 10.6 Å². The van der Waals surface area contributed by atoms with Gasteiger partial charge in [0.25, 0.3) is 0 Å². The van der Waals surface area contributed by atoms with Crippen LogP contribution in [-0.2, 0) is 11.4 Å². The first-order valence-corrected chi connectivity index (χ1v) is 8.68. The third-order valence-corrected chi connectivity index (χ3v) is 3.91. The molecule has 0 radical (unpaired) electrons. The lowest BCUT2D eigenvalue weighted by atomic mass is 10.2. The number of carbonyl (C=O) groups is 1. The van der Waals surface area contributed by atoms with Crippen LogP contribution in [0.1, 0.15) is 5.56 Å². The largest absolute Gasteiger partial charge is 0.495 e. The van der Waals surface area contributed by atoms with E-state index in [-0.39, 0.29) is 12.5 Å². The van der Waals surface area contributed by atoms with Crippen molar-refractivity contribution in [2.24, 2.45) is 0 Å². The van der Waals surface area contributed by atoms with Crippen LogP contribution in [0, 0.1) is 0 Å². The maximum Gasteiger partial charge on any atom is 0.243 e. The second-order valence-corrected chi connectivity index (χ2v) is 5.90. The molecule has 0 saturated heterocycles. The van der Waals surface area contributed by atoms with Gasteiger partial charge in [0.15, 0.2) is 0 Å². The monoisotopic (exact) mass is 362 g/mol. The van der Waals surface area contributed by atoms with Crippen LogP contribution < -0.4 is 20.1 Å². The second kappa shape index (κ2) is 9.29. The summed E-state index contributed by atoms with van der Waals surface area (Å²) in [4.78, 5) is 12.2. The Hall–Kier alpha value is -3.47. The average molecular weight is 362 g/mol. The normalized spacial score (nSPS) is 10.1. The SMILES string of the molecule is COc1ccccc1NCC(=O)Nc1cccc(OCc2ccccc2)c1. The summed E-state index contributed by atoms with van der Waals surface area (Å²) in [5.41, 5.74) is 2.55. The van der Waals surface area contributed by atoms with Gasteiger partial charge in [0.2, 0.25) is 5.91 Å². The van der Waals surface area contributed by atoms with E-state index in [0.717, 1.165) is 11.3 Å². The van der Waals surface area contributed by atoms with Crippen molar-refractivity contribution in [3.63, 3.8) is 0 Å². The smallest absolute Gasteiger partial charge is 0.243 e. The van der Waals surface area contributed by atoms with Gasteiger partial charge in [-0.05, 0) is 29.8 Å². The fourth-order valence-corrected chi connectivity index (χ4v) is 2.58. The number of carbonyl (C=O) groups excluding carboxylic acids is 1. The first-order chi connectivity index (χ1) is 13.2. The highest BCUT2D eigenvalue weighted by Gasteiger charge is 2.06. The summed E-state index contributed by atoms with van der Waals surface area (Å²) < 4.78 is 11.1. The van der Waals surface area contributed by atoms with Crippen molar-refractivity contribution < 1.29 is 14.3 Å². The number of benzene rings is 3. The summed E-state index contributed by atoms with van der Waals surface area (Å²) in [6.45, 7) is 0.614. The van der Waals surface area contributed by atoms with Gasteiger partial charge >= 0.3 is 0 Å². The number of hydrogen-bond acceptors (Lipinski definition) is 4. The Morgan fingerprint density at radius 2 is 1.70 bits per heavy atom. The van der Waals surface area contributed by atoms with E-state index >= 15 is 0 Å². The second-order valence-electron chi connectivity index (χ2n) is 5.90. The Labute approximate surface area is 158 Å². The first kappa shape index (κ1) is 18.3. The van der Waals surface area contributed by atoms with Crippen molar-refractivity contribution in [2.45, 2.75) is 6.61 Å². The predicted molar refractivity (Wildman–Crippen MR) is 107 cm³/mol. The molecule has 0 saturated carbocycles. The summed E-state index contributed by atoms with van der Waals surface area (Å²) in [6, 6.07) is 24.8. The lowest BCUT2D eigenvalue weighted by Crippen LogP contribution is -2.21. The fraction of sp³-hybridized carbons (Fsp3) is 0.136. The van der Waals surface area contributed by atoms with Gasteiger partial charge in [-0.15, -0.1) is 0 Å². The maximum atomic E-state index is 12.2. The number of para-hydroxylation sites is 2. The molecule has 27 heavy (non-hydrogen) atoms. The van der Waals surface area contributed by atoms with Crippen molar-refractivity contribution in [1.82, 2.24) is 0 Å². The number of methoxy groups -OCH3 is 1. The molecule has 5 nitrogen and oxygen atoms in total. The van der Waals surface area contributed by atoms with Gasteiger partial charge in [-0.25, -0.2) is 0 Å². The maximum absolute atomic E-state index is 12.2. The molecular weight excluding hydrogens is 340 g/mol. The molecule has 3 rings (SSSR count). The number of rotatable bonds is 8. The van der Waals surface area contributed by atoms with Crippen LogP contribution in [0.5, 0.6) is 11.5 Å². The van der Waals surface area contributed by atoms with E-state index in [1.54, 1.807) is 7.11 Å². The summed E-state index contributed by atoms with van der Waals surface area (Å²) in [6.07, 6.45) is 0. The summed E-state index contributed by atoms with van der Waals surface area (Å²) in [7, 11) is 1.60. The van der Waals surface area contributed by atoms with Crippen molar-refractivity contribution >= 4 is 17.3 Å². The van der Waals surface area contributed by atoms with Gasteiger partial charge in [0.05, 0.1) is 19.3 Å². The minimum atomic E-state index is -0.152. The van der Waals surface area contributed by atoms with Crippen LogP contribution in [0.3, 0.4) is 0 Å². The zero-order chi connectivity index (χ0) is 18.9. The van der Waals surface area contributed by atoms with Crippen molar-refractivity contribution in [3.8, 4) is 11.5 Å². The molecule has 1 amide bonds.